The van der Waals surface area contributed by atoms with Gasteiger partial charge in [0.05, 0.1) is 0 Å². The third kappa shape index (κ3) is 4.23. The first-order valence-electron chi connectivity index (χ1n) is 6.00. The molecule has 0 saturated carbocycles. The zero-order chi connectivity index (χ0) is 13.1. The van der Waals surface area contributed by atoms with Gasteiger partial charge in [-0.2, -0.15) is 0 Å². The van der Waals surface area contributed by atoms with Crippen LogP contribution in [0.1, 0.15) is 27.7 Å². The van der Waals surface area contributed by atoms with Gasteiger partial charge in [0.1, 0.15) is 0 Å². The summed E-state index contributed by atoms with van der Waals surface area (Å²) in [5.74, 6) is 0. The van der Waals surface area contributed by atoms with Crippen molar-refractivity contribution < 1.29 is 0 Å². The Morgan fingerprint density at radius 1 is 1.35 bits per heavy atom. The molecule has 0 radical (unpaired) electrons. The van der Waals surface area contributed by atoms with Crippen LogP contribution in [0.4, 0.5) is 0 Å². The topological polar surface area (TPSA) is 39.0 Å². The minimum atomic E-state index is 0.0319. The molecule has 17 heavy (non-hydrogen) atoms. The molecule has 4 nitrogen and oxygen atoms in total. The molecule has 0 amide bonds. The maximum Gasteiger partial charge on any atom is 0.328 e. The number of nitrogens with one attached hydrogen (secondary N) is 1. The van der Waals surface area contributed by atoms with Crippen molar-refractivity contribution in [2.45, 2.75) is 46.3 Å². The van der Waals surface area contributed by atoms with Crippen molar-refractivity contribution in [3.8, 4) is 0 Å². The molecule has 0 atom stereocenters. The average Bonchev–Trinajstić information content (AvgIpc) is 2.56. The monoisotopic (exact) mass is 237 g/mol. The lowest BCUT2D eigenvalue weighted by molar-refractivity contribution is 0.439. The van der Waals surface area contributed by atoms with Gasteiger partial charge in [-0.15, -0.1) is 0 Å². The summed E-state index contributed by atoms with van der Waals surface area (Å²) in [7, 11) is 0. The zero-order valence-electron chi connectivity index (χ0n) is 11.3. The van der Waals surface area contributed by atoms with Crippen molar-refractivity contribution in [2.75, 3.05) is 6.54 Å². The Bertz CT molecular complexity index is 434. The predicted octanol–water partition coefficient (Wildman–Crippen LogP) is 1.61. The Morgan fingerprint density at radius 3 is 2.41 bits per heavy atom. The van der Waals surface area contributed by atoms with Crippen LogP contribution in [0.2, 0.25) is 0 Å². The van der Waals surface area contributed by atoms with Crippen LogP contribution in [-0.2, 0) is 13.1 Å². The van der Waals surface area contributed by atoms with Crippen LogP contribution in [0.3, 0.4) is 0 Å². The first kappa shape index (κ1) is 13.8. The molecule has 4 heteroatoms. The van der Waals surface area contributed by atoms with Gasteiger partial charge in [0.25, 0.3) is 0 Å². The number of hydrogen-bond acceptors (Lipinski definition) is 2. The lowest BCUT2D eigenvalue weighted by atomic mass is 10.1. The van der Waals surface area contributed by atoms with Crippen molar-refractivity contribution in [3.05, 3.63) is 35.0 Å². The molecule has 1 heterocycles. The highest BCUT2D eigenvalue weighted by Gasteiger charge is 2.09. The molecular weight excluding hydrogens is 214 g/mol. The second-order valence-electron chi connectivity index (χ2n) is 5.35. The molecule has 0 aliphatic rings. The summed E-state index contributed by atoms with van der Waals surface area (Å²) in [6.45, 7) is 14.3. The highest BCUT2D eigenvalue weighted by Crippen LogP contribution is 2.01. The van der Waals surface area contributed by atoms with Crippen molar-refractivity contribution in [3.63, 3.8) is 0 Å². The number of rotatable bonds is 5. The summed E-state index contributed by atoms with van der Waals surface area (Å²) in [5, 5.41) is 3.36. The smallest absolute Gasteiger partial charge is 0.308 e. The first-order chi connectivity index (χ1) is 7.83. The van der Waals surface area contributed by atoms with Crippen LogP contribution in [0, 0.1) is 0 Å². The minimum Gasteiger partial charge on any atom is -0.308 e. The van der Waals surface area contributed by atoms with Gasteiger partial charge < -0.3 is 5.32 Å². The third-order valence-electron chi connectivity index (χ3n) is 2.52. The average molecular weight is 237 g/mol. The van der Waals surface area contributed by atoms with Gasteiger partial charge in [-0.3, -0.25) is 9.13 Å². The molecule has 0 saturated heterocycles. The Labute approximate surface area is 103 Å². The van der Waals surface area contributed by atoms with Crippen LogP contribution < -0.4 is 11.0 Å². The molecule has 0 fully saturated rings. The van der Waals surface area contributed by atoms with E-state index in [2.05, 4.69) is 32.7 Å². The van der Waals surface area contributed by atoms with E-state index in [0.29, 0.717) is 13.1 Å². The van der Waals surface area contributed by atoms with Gasteiger partial charge in [0, 0.05) is 37.6 Å². The largest absolute Gasteiger partial charge is 0.328 e. The second kappa shape index (κ2) is 5.36. The lowest BCUT2D eigenvalue weighted by Crippen LogP contribution is -2.37. The van der Waals surface area contributed by atoms with Crippen molar-refractivity contribution >= 4 is 0 Å². The molecule has 1 aromatic heterocycles. The molecule has 0 aliphatic carbocycles. The fourth-order valence-corrected chi connectivity index (χ4v) is 1.50. The van der Waals surface area contributed by atoms with Gasteiger partial charge in [-0.1, -0.05) is 6.58 Å². The van der Waals surface area contributed by atoms with Crippen LogP contribution in [0.15, 0.2) is 29.3 Å². The Kier molecular flexibility index (Phi) is 4.34. The van der Waals surface area contributed by atoms with Crippen molar-refractivity contribution in [1.82, 2.24) is 14.5 Å². The molecule has 1 N–H and O–H groups in total. The number of hydrogen-bond donors (Lipinski definition) is 1. The number of imidazole rings is 1. The van der Waals surface area contributed by atoms with E-state index in [0.717, 1.165) is 12.1 Å². The van der Waals surface area contributed by atoms with E-state index in [4.69, 9.17) is 0 Å². The van der Waals surface area contributed by atoms with Gasteiger partial charge >= 0.3 is 5.69 Å². The molecule has 0 aliphatic heterocycles. The standard InChI is InChI=1S/C13H23N3O/c1-6-15-7-8-16(12(15)17)10-11(2)9-14-13(3,4)5/h7-8,14H,2,6,9-10H2,1,3-5H3. The summed E-state index contributed by atoms with van der Waals surface area (Å²) in [4.78, 5) is 11.8. The SMILES string of the molecule is C=C(CNC(C)(C)C)Cn1ccn(CC)c1=O. The number of nitrogens with zero attached hydrogens (tertiary/aromatic N) is 2. The molecule has 0 spiro atoms. The Balaban J connectivity index is 2.57. The molecule has 0 bridgehead atoms. The van der Waals surface area contributed by atoms with Crippen molar-refractivity contribution in [1.29, 1.82) is 0 Å². The lowest BCUT2D eigenvalue weighted by Gasteiger charge is -2.21. The Hall–Kier alpha value is -1.29. The van der Waals surface area contributed by atoms with Gasteiger partial charge in [0.2, 0.25) is 0 Å². The zero-order valence-corrected chi connectivity index (χ0v) is 11.3. The van der Waals surface area contributed by atoms with E-state index in [9.17, 15) is 4.79 Å². The highest BCUT2D eigenvalue weighted by atomic mass is 16.1. The third-order valence-corrected chi connectivity index (χ3v) is 2.52. The molecular formula is C13H23N3O. The fourth-order valence-electron chi connectivity index (χ4n) is 1.50. The van der Waals surface area contributed by atoms with Gasteiger partial charge in [-0.05, 0) is 33.3 Å². The molecule has 0 aromatic carbocycles. The molecule has 0 unspecified atom stereocenters. The summed E-state index contributed by atoms with van der Waals surface area (Å²) in [5.41, 5.74) is 1.11. The summed E-state index contributed by atoms with van der Waals surface area (Å²) >= 11 is 0. The maximum absolute atomic E-state index is 11.8. The van der Waals surface area contributed by atoms with Crippen LogP contribution in [0.25, 0.3) is 0 Å². The van der Waals surface area contributed by atoms with E-state index in [-0.39, 0.29) is 11.2 Å². The molecule has 1 rings (SSSR count). The normalized spacial score (nSPS) is 11.8. The predicted molar refractivity (Wildman–Crippen MR) is 71.3 cm³/mol. The van der Waals surface area contributed by atoms with Crippen LogP contribution in [0.5, 0.6) is 0 Å². The Morgan fingerprint density at radius 2 is 1.94 bits per heavy atom. The minimum absolute atomic E-state index is 0.0319. The van der Waals surface area contributed by atoms with Crippen molar-refractivity contribution in [2.24, 2.45) is 0 Å². The van der Waals surface area contributed by atoms with E-state index in [1.165, 1.54) is 0 Å². The van der Waals surface area contributed by atoms with E-state index < -0.39 is 0 Å². The second-order valence-corrected chi connectivity index (χ2v) is 5.35. The summed E-state index contributed by atoms with van der Waals surface area (Å²) in [6, 6.07) is 0. The molecule has 1 aromatic rings. The number of aryl methyl sites for hydroxylation is 1. The fraction of sp³-hybridized carbons (Fsp3) is 0.615. The van der Waals surface area contributed by atoms with E-state index in [1.807, 2.05) is 19.3 Å². The molecule has 96 valence electrons. The summed E-state index contributed by atoms with van der Waals surface area (Å²) in [6.07, 6.45) is 3.63. The first-order valence-corrected chi connectivity index (χ1v) is 6.00. The number of aromatic nitrogens is 2. The van der Waals surface area contributed by atoms with Crippen LogP contribution >= 0.6 is 0 Å². The quantitative estimate of drug-likeness (QED) is 0.790. The highest BCUT2D eigenvalue weighted by molar-refractivity contribution is 5.00. The summed E-state index contributed by atoms with van der Waals surface area (Å²) < 4.78 is 3.38. The maximum atomic E-state index is 11.8. The van der Waals surface area contributed by atoms with Gasteiger partial charge in [0.15, 0.2) is 0 Å². The van der Waals surface area contributed by atoms with E-state index >= 15 is 0 Å². The van der Waals surface area contributed by atoms with E-state index in [1.54, 1.807) is 9.13 Å². The van der Waals surface area contributed by atoms with Gasteiger partial charge in [-0.25, -0.2) is 4.79 Å². The van der Waals surface area contributed by atoms with Crippen LogP contribution in [-0.4, -0.2) is 21.2 Å².